The van der Waals surface area contributed by atoms with Crippen LogP contribution in [0.25, 0.3) is 0 Å². The Morgan fingerprint density at radius 2 is 1.88 bits per heavy atom. The van der Waals surface area contributed by atoms with Crippen molar-refractivity contribution in [2.45, 2.75) is 20.3 Å². The lowest BCUT2D eigenvalue weighted by atomic mass is 9.89. The van der Waals surface area contributed by atoms with E-state index >= 15 is 0 Å². The Kier molecular flexibility index (Phi) is 8.10. The SMILES string of the molecule is CC(C)(CCONCCO)C(=O)NCCO. The quantitative estimate of drug-likeness (QED) is 0.304. The molecule has 0 fully saturated rings. The second-order valence-corrected chi connectivity index (χ2v) is 4.08. The summed E-state index contributed by atoms with van der Waals surface area (Å²) in [6.07, 6.45) is 0.558. The van der Waals surface area contributed by atoms with Crippen molar-refractivity contribution in [2.24, 2.45) is 5.41 Å². The van der Waals surface area contributed by atoms with E-state index < -0.39 is 5.41 Å². The first kappa shape index (κ1) is 15.3. The standard InChI is InChI=1S/C10H22N2O4/c1-10(2,9(15)11-4-6-13)3-8-16-12-5-7-14/h12-14H,3-8H2,1-2H3,(H,11,15). The van der Waals surface area contributed by atoms with Crippen LogP contribution in [0.4, 0.5) is 0 Å². The Labute approximate surface area is 95.9 Å². The summed E-state index contributed by atoms with van der Waals surface area (Å²) in [6, 6.07) is 0. The van der Waals surface area contributed by atoms with Gasteiger partial charge in [-0.1, -0.05) is 13.8 Å². The third kappa shape index (κ3) is 6.73. The fourth-order valence-electron chi connectivity index (χ4n) is 1.02. The van der Waals surface area contributed by atoms with Crippen LogP contribution >= 0.6 is 0 Å². The van der Waals surface area contributed by atoms with E-state index in [0.29, 0.717) is 19.6 Å². The summed E-state index contributed by atoms with van der Waals surface area (Å²) < 4.78 is 0. The van der Waals surface area contributed by atoms with Gasteiger partial charge < -0.3 is 20.4 Å². The van der Waals surface area contributed by atoms with Gasteiger partial charge in [-0.25, -0.2) is 5.48 Å². The molecule has 0 aliphatic carbocycles. The average Bonchev–Trinajstić information content (AvgIpc) is 2.25. The summed E-state index contributed by atoms with van der Waals surface area (Å²) in [7, 11) is 0. The van der Waals surface area contributed by atoms with Crippen molar-refractivity contribution in [1.82, 2.24) is 10.8 Å². The molecule has 0 aliphatic heterocycles. The molecule has 0 saturated carbocycles. The van der Waals surface area contributed by atoms with Crippen LogP contribution in [-0.2, 0) is 9.63 Å². The van der Waals surface area contributed by atoms with Crippen molar-refractivity contribution in [3.8, 4) is 0 Å². The molecule has 0 aliphatic rings. The van der Waals surface area contributed by atoms with Crippen molar-refractivity contribution >= 4 is 5.91 Å². The van der Waals surface area contributed by atoms with E-state index in [4.69, 9.17) is 15.1 Å². The van der Waals surface area contributed by atoms with Crippen LogP contribution in [0.15, 0.2) is 0 Å². The highest BCUT2D eigenvalue weighted by atomic mass is 16.6. The Morgan fingerprint density at radius 1 is 1.25 bits per heavy atom. The molecule has 0 aromatic rings. The molecule has 0 atom stereocenters. The Balaban J connectivity index is 3.71. The average molecular weight is 234 g/mol. The van der Waals surface area contributed by atoms with Gasteiger partial charge in [0.05, 0.1) is 19.8 Å². The van der Waals surface area contributed by atoms with Crippen molar-refractivity contribution in [1.29, 1.82) is 0 Å². The molecular formula is C10H22N2O4. The van der Waals surface area contributed by atoms with Crippen molar-refractivity contribution < 1.29 is 19.8 Å². The van der Waals surface area contributed by atoms with Gasteiger partial charge in [-0.2, -0.15) is 0 Å². The molecule has 16 heavy (non-hydrogen) atoms. The van der Waals surface area contributed by atoms with E-state index in [0.717, 1.165) is 0 Å². The summed E-state index contributed by atoms with van der Waals surface area (Å²) >= 11 is 0. The Bertz CT molecular complexity index is 197. The van der Waals surface area contributed by atoms with E-state index in [9.17, 15) is 4.79 Å². The lowest BCUT2D eigenvalue weighted by molar-refractivity contribution is -0.131. The number of hydroxylamine groups is 1. The maximum absolute atomic E-state index is 11.6. The third-order valence-corrected chi connectivity index (χ3v) is 2.16. The summed E-state index contributed by atoms with van der Waals surface area (Å²) in [5, 5.41) is 19.7. The van der Waals surface area contributed by atoms with Gasteiger partial charge in [0.15, 0.2) is 0 Å². The zero-order valence-corrected chi connectivity index (χ0v) is 9.95. The van der Waals surface area contributed by atoms with E-state index in [2.05, 4.69) is 10.8 Å². The zero-order valence-electron chi connectivity index (χ0n) is 9.95. The van der Waals surface area contributed by atoms with Gasteiger partial charge in [0.25, 0.3) is 0 Å². The summed E-state index contributed by atoms with van der Waals surface area (Å²) in [5.41, 5.74) is 2.04. The number of hydrogen-bond acceptors (Lipinski definition) is 5. The van der Waals surface area contributed by atoms with Crippen molar-refractivity contribution in [2.75, 3.05) is 32.9 Å². The molecule has 1 amide bonds. The highest BCUT2D eigenvalue weighted by molar-refractivity contribution is 5.81. The first-order valence-electron chi connectivity index (χ1n) is 5.39. The summed E-state index contributed by atoms with van der Waals surface area (Å²) in [5.74, 6) is -0.104. The number of aliphatic hydroxyl groups is 2. The predicted molar refractivity (Wildman–Crippen MR) is 59.5 cm³/mol. The fourth-order valence-corrected chi connectivity index (χ4v) is 1.02. The monoisotopic (exact) mass is 234 g/mol. The van der Waals surface area contributed by atoms with Gasteiger partial charge in [0.1, 0.15) is 0 Å². The van der Waals surface area contributed by atoms with Crippen LogP contribution in [0.5, 0.6) is 0 Å². The van der Waals surface area contributed by atoms with Crippen LogP contribution in [0, 0.1) is 5.41 Å². The minimum atomic E-state index is -0.532. The van der Waals surface area contributed by atoms with Crippen LogP contribution in [0.3, 0.4) is 0 Å². The Hall–Kier alpha value is -0.690. The normalized spacial score (nSPS) is 11.5. The van der Waals surface area contributed by atoms with Gasteiger partial charge in [-0.05, 0) is 6.42 Å². The first-order chi connectivity index (χ1) is 7.54. The number of nitrogens with one attached hydrogen (secondary N) is 2. The molecular weight excluding hydrogens is 212 g/mol. The number of hydrogen-bond donors (Lipinski definition) is 4. The molecule has 0 aromatic carbocycles. The summed E-state index contributed by atoms with van der Waals surface area (Å²) in [6.45, 7) is 4.61. The Morgan fingerprint density at radius 3 is 2.44 bits per heavy atom. The molecule has 4 N–H and O–H groups in total. The van der Waals surface area contributed by atoms with Gasteiger partial charge in [-0.3, -0.25) is 4.79 Å². The minimum absolute atomic E-state index is 0.0143. The minimum Gasteiger partial charge on any atom is -0.395 e. The fraction of sp³-hybridized carbons (Fsp3) is 0.900. The molecule has 0 radical (unpaired) electrons. The zero-order chi connectivity index (χ0) is 12.4. The predicted octanol–water partition coefficient (Wildman–Crippen LogP) is -0.975. The third-order valence-electron chi connectivity index (χ3n) is 2.16. The molecule has 0 rings (SSSR count). The first-order valence-corrected chi connectivity index (χ1v) is 5.39. The van der Waals surface area contributed by atoms with Crippen LogP contribution in [-0.4, -0.2) is 49.0 Å². The number of aliphatic hydroxyl groups excluding tert-OH is 2. The van der Waals surface area contributed by atoms with Gasteiger partial charge >= 0.3 is 0 Å². The molecule has 0 heterocycles. The maximum atomic E-state index is 11.6. The topological polar surface area (TPSA) is 90.8 Å². The molecule has 96 valence electrons. The van der Waals surface area contributed by atoms with Crippen LogP contribution in [0.1, 0.15) is 20.3 Å². The molecule has 6 nitrogen and oxygen atoms in total. The molecule has 6 heteroatoms. The largest absolute Gasteiger partial charge is 0.395 e. The number of amides is 1. The molecule has 0 unspecified atom stereocenters. The van der Waals surface area contributed by atoms with Gasteiger partial charge in [0, 0.05) is 18.5 Å². The van der Waals surface area contributed by atoms with Crippen molar-refractivity contribution in [3.63, 3.8) is 0 Å². The molecule has 0 saturated heterocycles. The lowest BCUT2D eigenvalue weighted by Crippen LogP contribution is -2.39. The van der Waals surface area contributed by atoms with Gasteiger partial charge in [-0.15, -0.1) is 0 Å². The van der Waals surface area contributed by atoms with Crippen molar-refractivity contribution in [3.05, 3.63) is 0 Å². The van der Waals surface area contributed by atoms with E-state index in [1.54, 1.807) is 0 Å². The highest BCUT2D eigenvalue weighted by Gasteiger charge is 2.26. The van der Waals surface area contributed by atoms with E-state index in [-0.39, 0.29) is 25.7 Å². The number of carbonyl (C=O) groups is 1. The second-order valence-electron chi connectivity index (χ2n) is 4.08. The second kappa shape index (κ2) is 8.46. The summed E-state index contributed by atoms with van der Waals surface area (Å²) in [4.78, 5) is 16.6. The molecule has 0 spiro atoms. The molecule has 0 bridgehead atoms. The van der Waals surface area contributed by atoms with Crippen LogP contribution in [0.2, 0.25) is 0 Å². The maximum Gasteiger partial charge on any atom is 0.225 e. The highest BCUT2D eigenvalue weighted by Crippen LogP contribution is 2.19. The molecule has 0 aromatic heterocycles. The van der Waals surface area contributed by atoms with Gasteiger partial charge in [0.2, 0.25) is 5.91 Å². The number of carbonyl (C=O) groups excluding carboxylic acids is 1. The lowest BCUT2D eigenvalue weighted by Gasteiger charge is -2.23. The number of rotatable bonds is 9. The smallest absolute Gasteiger partial charge is 0.225 e. The van der Waals surface area contributed by atoms with E-state index in [1.165, 1.54) is 0 Å². The van der Waals surface area contributed by atoms with E-state index in [1.807, 2.05) is 13.8 Å². The van der Waals surface area contributed by atoms with Crippen LogP contribution < -0.4 is 10.8 Å².